The summed E-state index contributed by atoms with van der Waals surface area (Å²) >= 11 is 1.03. The van der Waals surface area contributed by atoms with Gasteiger partial charge in [0.25, 0.3) is 11.1 Å². The van der Waals surface area contributed by atoms with Crippen LogP contribution < -0.4 is 5.32 Å². The van der Waals surface area contributed by atoms with Crippen LogP contribution in [0.3, 0.4) is 0 Å². The summed E-state index contributed by atoms with van der Waals surface area (Å²) < 4.78 is 0. The maximum atomic E-state index is 12.6. The molecule has 3 fully saturated rings. The quantitative estimate of drug-likeness (QED) is 0.652. The molecule has 7 nitrogen and oxygen atoms in total. The van der Waals surface area contributed by atoms with Gasteiger partial charge in [-0.2, -0.15) is 0 Å². The highest BCUT2D eigenvalue weighted by Gasteiger charge is 2.44. The molecule has 1 saturated carbocycles. The second-order valence-electron chi connectivity index (χ2n) is 8.83. The van der Waals surface area contributed by atoms with Crippen LogP contribution in [-0.4, -0.2) is 50.7 Å². The Morgan fingerprint density at radius 1 is 1.09 bits per heavy atom. The highest BCUT2D eigenvalue weighted by atomic mass is 35.5. The van der Waals surface area contributed by atoms with Crippen molar-refractivity contribution in [3.63, 3.8) is 0 Å². The lowest BCUT2D eigenvalue weighted by Crippen LogP contribution is -2.27. The number of nitrogens with one attached hydrogen (secondary N) is 2. The van der Waals surface area contributed by atoms with Crippen molar-refractivity contribution in [3.8, 4) is 0 Å². The average Bonchev–Trinajstić information content (AvgIpc) is 3.10. The summed E-state index contributed by atoms with van der Waals surface area (Å²) in [5, 5.41) is 2.69. The van der Waals surface area contributed by atoms with E-state index >= 15 is 0 Å². The number of aromatic amines is 1. The second kappa shape index (κ2) is 8.10. The molecular formula is C23H23ClN4O3S. The molecule has 32 heavy (non-hydrogen) atoms. The van der Waals surface area contributed by atoms with Gasteiger partial charge >= 0.3 is 0 Å². The number of anilines is 1. The Kier molecular flexibility index (Phi) is 5.39. The first-order chi connectivity index (χ1) is 15.0. The minimum Gasteiger partial charge on any atom is -0.363 e. The van der Waals surface area contributed by atoms with E-state index in [0.29, 0.717) is 5.57 Å². The van der Waals surface area contributed by atoms with Crippen molar-refractivity contribution >= 4 is 58.6 Å². The maximum Gasteiger partial charge on any atom is 0.289 e. The van der Waals surface area contributed by atoms with Gasteiger partial charge in [0.1, 0.15) is 0 Å². The number of hydrogen-bond donors (Lipinski definition) is 2. The Labute approximate surface area is 196 Å². The van der Waals surface area contributed by atoms with Crippen LogP contribution in [0.4, 0.5) is 10.5 Å². The Hall–Kier alpha value is -2.55. The number of amides is 3. The molecule has 2 saturated heterocycles. The molecule has 6 rings (SSSR count). The van der Waals surface area contributed by atoms with Crippen LogP contribution in [0.5, 0.6) is 0 Å². The summed E-state index contributed by atoms with van der Waals surface area (Å²) in [6.45, 7) is 3.53. The van der Waals surface area contributed by atoms with Crippen LogP contribution in [0.15, 0.2) is 30.5 Å². The fourth-order valence-corrected chi connectivity index (χ4v) is 5.59. The first kappa shape index (κ1) is 21.3. The summed E-state index contributed by atoms with van der Waals surface area (Å²) in [7, 11) is 0. The number of halogens is 1. The molecule has 0 unspecified atom stereocenters. The van der Waals surface area contributed by atoms with Gasteiger partial charge < -0.3 is 10.3 Å². The van der Waals surface area contributed by atoms with Gasteiger partial charge in [-0.25, -0.2) is 0 Å². The van der Waals surface area contributed by atoms with Crippen LogP contribution in [0, 0.1) is 11.8 Å². The molecule has 2 atom stereocenters. The maximum absolute atomic E-state index is 12.6. The van der Waals surface area contributed by atoms with Crippen molar-refractivity contribution in [2.75, 3.05) is 24.2 Å². The third-order valence-electron chi connectivity index (χ3n) is 6.57. The molecule has 2 N–H and O–H groups in total. The molecule has 166 valence electrons. The first-order valence-corrected chi connectivity index (χ1v) is 11.5. The van der Waals surface area contributed by atoms with E-state index in [1.807, 2.05) is 30.5 Å². The number of imide groups is 1. The summed E-state index contributed by atoms with van der Waals surface area (Å²) in [5.74, 6) is 1.71. The molecule has 0 radical (unpaired) electrons. The van der Waals surface area contributed by atoms with E-state index < -0.39 is 0 Å². The van der Waals surface area contributed by atoms with Crippen molar-refractivity contribution in [1.82, 2.24) is 14.8 Å². The lowest BCUT2D eigenvalue weighted by atomic mass is 10.0. The minimum atomic E-state index is -0.217. The van der Waals surface area contributed by atoms with Crippen molar-refractivity contribution in [3.05, 3.63) is 52.8 Å². The topological polar surface area (TPSA) is 85.5 Å². The van der Waals surface area contributed by atoms with Gasteiger partial charge in [-0.3, -0.25) is 24.2 Å². The lowest BCUT2D eigenvalue weighted by molar-refractivity contribution is -0.125. The number of rotatable bonds is 5. The van der Waals surface area contributed by atoms with E-state index in [9.17, 15) is 14.4 Å². The van der Waals surface area contributed by atoms with Crippen molar-refractivity contribution in [1.29, 1.82) is 0 Å². The van der Waals surface area contributed by atoms with E-state index in [2.05, 4.69) is 21.3 Å². The predicted molar refractivity (Wildman–Crippen MR) is 126 cm³/mol. The molecule has 0 spiro atoms. The zero-order chi connectivity index (χ0) is 21.1. The van der Waals surface area contributed by atoms with E-state index in [4.69, 9.17) is 0 Å². The molecule has 3 aliphatic heterocycles. The molecule has 9 heteroatoms. The smallest absolute Gasteiger partial charge is 0.289 e. The molecule has 0 bridgehead atoms. The second-order valence-corrected chi connectivity index (χ2v) is 9.76. The number of piperidine rings is 1. The average molecular weight is 471 g/mol. The minimum absolute atomic E-state index is 0. The van der Waals surface area contributed by atoms with Gasteiger partial charge in [0.15, 0.2) is 0 Å². The monoisotopic (exact) mass is 470 g/mol. The van der Waals surface area contributed by atoms with E-state index in [1.165, 1.54) is 24.4 Å². The number of nitrogens with zero attached hydrogens (tertiary/aromatic N) is 2. The summed E-state index contributed by atoms with van der Waals surface area (Å²) in [6, 6.07) is 7.68. The zero-order valence-corrected chi connectivity index (χ0v) is 18.9. The van der Waals surface area contributed by atoms with Gasteiger partial charge in [0, 0.05) is 48.3 Å². The standard InChI is InChI=1S/C23H22N4O3S.ClH/c28-21-12-31-23(30)27(21)8-13-1-2-20-18(4-13)19(22(29)25-20)5-14-3-17(24-7-14)11-26-9-15-6-16(15)10-26;/h1-5,7,15-16,24H,6,8-12H2,(H,25,29);1H/t15-,16+;. The zero-order valence-electron chi connectivity index (χ0n) is 17.3. The lowest BCUT2D eigenvalue weighted by Gasteiger charge is -2.15. The highest BCUT2D eigenvalue weighted by molar-refractivity contribution is 8.14. The fraction of sp³-hybridized carbons (Fsp3) is 0.348. The summed E-state index contributed by atoms with van der Waals surface area (Å²) in [5.41, 5.74) is 5.09. The third-order valence-corrected chi connectivity index (χ3v) is 7.43. The van der Waals surface area contributed by atoms with Crippen LogP contribution in [0.2, 0.25) is 0 Å². The van der Waals surface area contributed by atoms with E-state index in [1.54, 1.807) is 0 Å². The molecule has 4 aliphatic rings. The fourth-order valence-electron chi connectivity index (χ4n) is 4.86. The predicted octanol–water partition coefficient (Wildman–Crippen LogP) is 3.58. The number of carbonyl (C=O) groups excluding carboxylic acids is 3. The number of H-pyrrole nitrogens is 1. The molecular weight excluding hydrogens is 448 g/mol. The Bertz CT molecular complexity index is 1130. The normalized spacial score (nSPS) is 25.2. The SMILES string of the molecule is Cl.O=C1Nc2ccc(CN3C(=O)CSC3=O)cc2C1=Cc1c[nH]c(CN2C[C@H]3C[C@H]3C2)c1. The van der Waals surface area contributed by atoms with Crippen LogP contribution in [0.25, 0.3) is 11.6 Å². The number of fused-ring (bicyclic) bond motifs is 2. The van der Waals surface area contributed by atoms with Crippen molar-refractivity contribution < 1.29 is 14.4 Å². The van der Waals surface area contributed by atoms with Crippen molar-refractivity contribution in [2.24, 2.45) is 11.8 Å². The Morgan fingerprint density at radius 3 is 2.66 bits per heavy atom. The number of carbonyl (C=O) groups is 3. The molecule has 3 amide bonds. The third kappa shape index (κ3) is 3.87. The van der Waals surface area contributed by atoms with Gasteiger partial charge in [-0.15, -0.1) is 12.4 Å². The molecule has 1 aromatic heterocycles. The Morgan fingerprint density at radius 2 is 1.91 bits per heavy atom. The summed E-state index contributed by atoms with van der Waals surface area (Å²) in [6.07, 6.45) is 5.23. The number of benzene rings is 1. The largest absolute Gasteiger partial charge is 0.363 e. The first-order valence-electron chi connectivity index (χ1n) is 10.6. The summed E-state index contributed by atoms with van der Waals surface area (Å²) in [4.78, 5) is 43.5. The van der Waals surface area contributed by atoms with E-state index in [0.717, 1.165) is 58.2 Å². The number of likely N-dealkylation sites (tertiary alicyclic amines) is 1. The van der Waals surface area contributed by atoms with Gasteiger partial charge in [-0.05, 0) is 53.7 Å². The van der Waals surface area contributed by atoms with Gasteiger partial charge in [-0.1, -0.05) is 17.8 Å². The molecule has 1 aromatic carbocycles. The van der Waals surface area contributed by atoms with E-state index in [-0.39, 0.29) is 41.8 Å². The highest BCUT2D eigenvalue weighted by Crippen LogP contribution is 2.45. The number of aromatic nitrogens is 1. The molecule has 1 aliphatic carbocycles. The van der Waals surface area contributed by atoms with Crippen molar-refractivity contribution in [2.45, 2.75) is 19.5 Å². The number of hydrogen-bond acceptors (Lipinski definition) is 5. The molecule has 4 heterocycles. The van der Waals surface area contributed by atoms with Crippen LogP contribution in [-0.2, 0) is 22.7 Å². The van der Waals surface area contributed by atoms with Gasteiger partial charge in [0.05, 0.1) is 12.3 Å². The Balaban J connectivity index is 0.00000216. The van der Waals surface area contributed by atoms with Crippen LogP contribution in [0.1, 0.15) is 28.8 Å². The number of thioether (sulfide) groups is 1. The molecule has 2 aromatic rings. The van der Waals surface area contributed by atoms with Crippen LogP contribution >= 0.6 is 24.2 Å². The van der Waals surface area contributed by atoms with Gasteiger partial charge in [0.2, 0.25) is 5.91 Å².